The van der Waals surface area contributed by atoms with Crippen molar-refractivity contribution in [1.29, 1.82) is 0 Å². The molecule has 208 valence electrons. The third kappa shape index (κ3) is 5.97. The maximum absolute atomic E-state index is 12.9. The zero-order valence-electron chi connectivity index (χ0n) is 22.2. The minimum atomic E-state index is -0.581. The standard InChI is InChI=1S/C29H31N5O6/c1-38-17-21-11-23-20(8-10-34(23)29(30)37)12-25(21)40-22-7-9-31-27(13-22)32-28(36)19-5-3-18(4-6-19)14-33-15-24(35)26(16-33)39-2/h3-13,24,26,35H,14-17H2,1-2H3,(H2,30,37)(H,31,32,36). The molecule has 40 heavy (non-hydrogen) atoms. The number of nitrogens with zero attached hydrogens (tertiary/aromatic N) is 3. The number of methoxy groups -OCH3 is 2. The molecular weight excluding hydrogens is 514 g/mol. The Kier molecular flexibility index (Phi) is 8.08. The fraction of sp³-hybridized carbons (Fsp3) is 0.276. The minimum Gasteiger partial charge on any atom is -0.457 e. The number of amides is 2. The Morgan fingerprint density at radius 1 is 1.10 bits per heavy atom. The van der Waals surface area contributed by atoms with E-state index in [1.165, 1.54) is 4.57 Å². The highest BCUT2D eigenvalue weighted by Crippen LogP contribution is 2.32. The summed E-state index contributed by atoms with van der Waals surface area (Å²) in [6.45, 7) is 2.12. The van der Waals surface area contributed by atoms with Crippen molar-refractivity contribution in [3.8, 4) is 11.5 Å². The number of ether oxygens (including phenoxy) is 3. The van der Waals surface area contributed by atoms with Crippen molar-refractivity contribution in [2.24, 2.45) is 5.73 Å². The number of aliphatic hydroxyl groups is 1. The van der Waals surface area contributed by atoms with Gasteiger partial charge in [0, 0.05) is 68.8 Å². The number of pyridine rings is 1. The molecule has 0 radical (unpaired) electrons. The summed E-state index contributed by atoms with van der Waals surface area (Å²) in [6.07, 6.45) is 2.47. The second kappa shape index (κ2) is 11.8. The average Bonchev–Trinajstić information content (AvgIpc) is 3.51. The molecule has 2 aromatic heterocycles. The van der Waals surface area contributed by atoms with Crippen molar-refractivity contribution in [1.82, 2.24) is 14.5 Å². The highest BCUT2D eigenvalue weighted by atomic mass is 16.5. The topological polar surface area (TPSA) is 141 Å². The quantitative estimate of drug-likeness (QED) is 0.291. The molecule has 1 fully saturated rings. The van der Waals surface area contributed by atoms with Crippen molar-refractivity contribution in [3.63, 3.8) is 0 Å². The van der Waals surface area contributed by atoms with E-state index in [1.54, 1.807) is 63.0 Å². The molecule has 0 spiro atoms. The summed E-state index contributed by atoms with van der Waals surface area (Å²) in [5.74, 6) is 1.03. The lowest BCUT2D eigenvalue weighted by molar-refractivity contribution is 0.0215. The molecule has 1 saturated heterocycles. The van der Waals surface area contributed by atoms with E-state index in [0.717, 1.165) is 16.5 Å². The van der Waals surface area contributed by atoms with Crippen LogP contribution in [0.3, 0.4) is 0 Å². The van der Waals surface area contributed by atoms with E-state index in [9.17, 15) is 14.7 Å². The van der Waals surface area contributed by atoms with Gasteiger partial charge in [-0.2, -0.15) is 0 Å². The van der Waals surface area contributed by atoms with Crippen molar-refractivity contribution in [3.05, 3.63) is 83.7 Å². The molecule has 2 aromatic carbocycles. The normalized spacial score (nSPS) is 17.3. The average molecular weight is 546 g/mol. The van der Waals surface area contributed by atoms with Crippen LogP contribution in [0.5, 0.6) is 11.5 Å². The van der Waals surface area contributed by atoms with Crippen LogP contribution in [0.2, 0.25) is 0 Å². The lowest BCUT2D eigenvalue weighted by Gasteiger charge is -2.15. The number of hydrogen-bond acceptors (Lipinski definition) is 8. The number of hydrogen-bond donors (Lipinski definition) is 3. The molecule has 11 nitrogen and oxygen atoms in total. The second-order valence-electron chi connectivity index (χ2n) is 9.64. The Morgan fingerprint density at radius 2 is 1.90 bits per heavy atom. The van der Waals surface area contributed by atoms with E-state index < -0.39 is 12.1 Å². The van der Waals surface area contributed by atoms with Crippen molar-refractivity contribution in [2.75, 3.05) is 32.6 Å². The third-order valence-electron chi connectivity index (χ3n) is 6.85. The van der Waals surface area contributed by atoms with Crippen LogP contribution in [-0.2, 0) is 22.6 Å². The monoisotopic (exact) mass is 545 g/mol. The molecule has 4 N–H and O–H groups in total. The summed E-state index contributed by atoms with van der Waals surface area (Å²) >= 11 is 0. The molecule has 4 aromatic rings. The number of anilines is 1. The number of β-amino-alcohol motifs (C(OH)–C–C–N with tert-alkyl or cyclic N) is 1. The van der Waals surface area contributed by atoms with E-state index in [2.05, 4.69) is 15.2 Å². The summed E-state index contributed by atoms with van der Waals surface area (Å²) in [5.41, 5.74) is 8.36. The molecule has 1 aliphatic heterocycles. The van der Waals surface area contributed by atoms with E-state index >= 15 is 0 Å². The van der Waals surface area contributed by atoms with Crippen LogP contribution >= 0.6 is 0 Å². The first-order valence-corrected chi connectivity index (χ1v) is 12.7. The molecule has 3 heterocycles. The number of aromatic nitrogens is 2. The van der Waals surface area contributed by atoms with Crippen LogP contribution in [0, 0.1) is 0 Å². The largest absolute Gasteiger partial charge is 0.457 e. The van der Waals surface area contributed by atoms with Crippen LogP contribution < -0.4 is 15.8 Å². The molecule has 0 bridgehead atoms. The van der Waals surface area contributed by atoms with Gasteiger partial charge in [0.05, 0.1) is 24.3 Å². The van der Waals surface area contributed by atoms with Crippen molar-refractivity contribution < 1.29 is 28.9 Å². The number of primary amides is 1. The minimum absolute atomic E-state index is 0.185. The zero-order valence-corrected chi connectivity index (χ0v) is 22.2. The Balaban J connectivity index is 1.26. The van der Waals surface area contributed by atoms with Crippen LogP contribution in [0.4, 0.5) is 10.6 Å². The van der Waals surface area contributed by atoms with Crippen LogP contribution in [0.25, 0.3) is 10.9 Å². The number of aliphatic hydroxyl groups excluding tert-OH is 1. The maximum atomic E-state index is 12.9. The van der Waals surface area contributed by atoms with Gasteiger partial charge in [0.25, 0.3) is 5.91 Å². The van der Waals surface area contributed by atoms with E-state index in [-0.39, 0.29) is 18.6 Å². The Hall–Kier alpha value is -4.29. The number of carbonyl (C=O) groups is 2. The summed E-state index contributed by atoms with van der Waals surface area (Å²) in [7, 11) is 3.17. The van der Waals surface area contributed by atoms with Crippen LogP contribution in [0.15, 0.2) is 67.0 Å². The summed E-state index contributed by atoms with van der Waals surface area (Å²) < 4.78 is 18.1. The lowest BCUT2D eigenvalue weighted by Crippen LogP contribution is -2.25. The van der Waals surface area contributed by atoms with Gasteiger partial charge >= 0.3 is 6.03 Å². The Bertz CT molecular complexity index is 1520. The number of carbonyl (C=O) groups excluding carboxylic acids is 2. The first-order chi connectivity index (χ1) is 19.3. The van der Waals surface area contributed by atoms with Gasteiger partial charge in [-0.1, -0.05) is 12.1 Å². The molecule has 11 heteroatoms. The first kappa shape index (κ1) is 27.3. The zero-order chi connectivity index (χ0) is 28.2. The van der Waals surface area contributed by atoms with Gasteiger partial charge in [-0.3, -0.25) is 14.3 Å². The molecule has 2 amide bonds. The number of nitrogens with two attached hydrogens (primary N) is 1. The number of likely N-dealkylation sites (tertiary alicyclic amines) is 1. The number of fused-ring (bicyclic) bond motifs is 1. The number of benzene rings is 2. The molecular formula is C29H31N5O6. The lowest BCUT2D eigenvalue weighted by atomic mass is 10.1. The SMILES string of the molecule is COCc1cc2c(ccn2C(N)=O)cc1Oc1ccnc(NC(=O)c2ccc(CN3CC(O)C(OC)C3)cc2)c1. The highest BCUT2D eigenvalue weighted by molar-refractivity contribution is 6.03. The highest BCUT2D eigenvalue weighted by Gasteiger charge is 2.31. The van der Waals surface area contributed by atoms with Crippen molar-refractivity contribution in [2.45, 2.75) is 25.4 Å². The van der Waals surface area contributed by atoms with E-state index in [4.69, 9.17) is 19.9 Å². The summed E-state index contributed by atoms with van der Waals surface area (Å²) in [6, 6.07) is 15.4. The van der Waals surface area contributed by atoms with Gasteiger partial charge < -0.3 is 30.4 Å². The van der Waals surface area contributed by atoms with Gasteiger partial charge in [0.1, 0.15) is 17.3 Å². The smallest absolute Gasteiger partial charge is 0.323 e. The Morgan fingerprint density at radius 3 is 2.60 bits per heavy atom. The predicted octanol–water partition coefficient (Wildman–Crippen LogP) is 3.35. The number of nitrogens with one attached hydrogen (secondary N) is 1. The van der Waals surface area contributed by atoms with Crippen LogP contribution in [0.1, 0.15) is 21.5 Å². The molecule has 2 unspecified atom stereocenters. The Labute approximate surface area is 231 Å². The fourth-order valence-electron chi connectivity index (χ4n) is 4.83. The van der Waals surface area contributed by atoms with Gasteiger partial charge in [-0.05, 0) is 42.0 Å². The molecule has 2 atom stereocenters. The first-order valence-electron chi connectivity index (χ1n) is 12.7. The molecule has 0 saturated carbocycles. The van der Waals surface area contributed by atoms with Crippen molar-refractivity contribution >= 4 is 28.7 Å². The molecule has 5 rings (SSSR count). The predicted molar refractivity (Wildman–Crippen MR) is 148 cm³/mol. The van der Waals surface area contributed by atoms with E-state index in [0.29, 0.717) is 48.0 Å². The summed E-state index contributed by atoms with van der Waals surface area (Å²) in [4.78, 5) is 31.0. The number of rotatable bonds is 9. The van der Waals surface area contributed by atoms with Gasteiger partial charge in [-0.15, -0.1) is 0 Å². The fourth-order valence-corrected chi connectivity index (χ4v) is 4.83. The van der Waals surface area contributed by atoms with Gasteiger partial charge in [-0.25, -0.2) is 9.78 Å². The molecule has 1 aliphatic rings. The van der Waals surface area contributed by atoms with Crippen LogP contribution in [-0.4, -0.2) is 71.0 Å². The van der Waals surface area contributed by atoms with Gasteiger partial charge in [0.2, 0.25) is 0 Å². The van der Waals surface area contributed by atoms with Gasteiger partial charge in [0.15, 0.2) is 0 Å². The third-order valence-corrected chi connectivity index (χ3v) is 6.85. The molecule has 0 aliphatic carbocycles. The maximum Gasteiger partial charge on any atom is 0.323 e. The summed E-state index contributed by atoms with van der Waals surface area (Å²) in [5, 5.41) is 13.6. The second-order valence-corrected chi connectivity index (χ2v) is 9.64. The van der Waals surface area contributed by atoms with E-state index in [1.807, 2.05) is 18.2 Å².